The van der Waals surface area contributed by atoms with Crippen LogP contribution in [0.5, 0.6) is 0 Å². The number of esters is 1. The first-order valence-corrected chi connectivity index (χ1v) is 12.1. The lowest BCUT2D eigenvalue weighted by molar-refractivity contribution is -0.139. The Labute approximate surface area is 197 Å². The van der Waals surface area contributed by atoms with Crippen molar-refractivity contribution in [1.29, 1.82) is 0 Å². The molecule has 0 saturated carbocycles. The van der Waals surface area contributed by atoms with Gasteiger partial charge in [0.15, 0.2) is 4.34 Å². The third kappa shape index (κ3) is 5.04. The molecule has 0 unspecified atom stereocenters. The maximum atomic E-state index is 12.9. The second-order valence-electron chi connectivity index (χ2n) is 7.09. The SMILES string of the molecule is CCOC(=O)CSc1nnc(NC(=O)CCCN2C(=O)c3cccc4cccc(c34)C2=O)s1. The number of hydrogen-bond acceptors (Lipinski definition) is 9. The highest BCUT2D eigenvalue weighted by atomic mass is 32.2. The van der Waals surface area contributed by atoms with Crippen LogP contribution in [0.15, 0.2) is 40.7 Å². The Kier molecular flexibility index (Phi) is 6.99. The van der Waals surface area contributed by atoms with E-state index in [2.05, 4.69) is 15.5 Å². The summed E-state index contributed by atoms with van der Waals surface area (Å²) in [5, 5.41) is 12.3. The number of amides is 3. The number of ether oxygens (including phenoxy) is 1. The van der Waals surface area contributed by atoms with Crippen molar-refractivity contribution in [2.75, 3.05) is 24.2 Å². The summed E-state index contributed by atoms with van der Waals surface area (Å²) in [6, 6.07) is 10.8. The predicted molar refractivity (Wildman–Crippen MR) is 124 cm³/mol. The molecule has 3 aromatic rings. The van der Waals surface area contributed by atoms with Crippen molar-refractivity contribution in [3.8, 4) is 0 Å². The Hall–Kier alpha value is -3.31. The summed E-state index contributed by atoms with van der Waals surface area (Å²) < 4.78 is 5.39. The number of rotatable bonds is 9. The number of nitrogens with zero attached hydrogens (tertiary/aromatic N) is 3. The van der Waals surface area contributed by atoms with E-state index >= 15 is 0 Å². The van der Waals surface area contributed by atoms with E-state index in [9.17, 15) is 19.2 Å². The van der Waals surface area contributed by atoms with E-state index in [0.29, 0.717) is 39.0 Å². The molecule has 2 heterocycles. The zero-order chi connectivity index (χ0) is 23.4. The minimum atomic E-state index is -0.350. The standard InChI is InChI=1S/C22H20N4O5S2/c1-2-31-17(28)12-32-22-25-24-21(33-22)23-16(27)10-5-11-26-19(29)14-8-3-6-13-7-4-9-15(18(13)14)20(26)30/h3-4,6-9H,2,5,10-12H2,1H3,(H,23,24,27). The van der Waals surface area contributed by atoms with E-state index in [-0.39, 0.29) is 42.4 Å². The predicted octanol–water partition coefficient (Wildman–Crippen LogP) is 3.36. The van der Waals surface area contributed by atoms with Crippen LogP contribution in [-0.4, -0.2) is 57.7 Å². The van der Waals surface area contributed by atoms with Gasteiger partial charge in [0.05, 0.1) is 12.4 Å². The topological polar surface area (TPSA) is 119 Å². The second-order valence-corrected chi connectivity index (χ2v) is 9.29. The molecule has 0 fully saturated rings. The fourth-order valence-corrected chi connectivity index (χ4v) is 5.07. The maximum absolute atomic E-state index is 12.9. The smallest absolute Gasteiger partial charge is 0.316 e. The number of carbonyl (C=O) groups is 4. The summed E-state index contributed by atoms with van der Waals surface area (Å²) in [5.41, 5.74) is 0.989. The first kappa shape index (κ1) is 22.9. The van der Waals surface area contributed by atoms with Crippen molar-refractivity contribution in [2.45, 2.75) is 24.1 Å². The lowest BCUT2D eigenvalue weighted by Gasteiger charge is -2.27. The van der Waals surface area contributed by atoms with Gasteiger partial charge in [-0.3, -0.25) is 24.1 Å². The first-order chi connectivity index (χ1) is 16.0. The van der Waals surface area contributed by atoms with Crippen molar-refractivity contribution < 1.29 is 23.9 Å². The van der Waals surface area contributed by atoms with Gasteiger partial charge in [0, 0.05) is 29.5 Å². The third-order valence-electron chi connectivity index (χ3n) is 4.91. The molecule has 1 aromatic heterocycles. The van der Waals surface area contributed by atoms with Gasteiger partial charge in [0.2, 0.25) is 11.0 Å². The van der Waals surface area contributed by atoms with E-state index in [1.165, 1.54) is 16.7 Å². The first-order valence-electron chi connectivity index (χ1n) is 10.3. The Bertz CT molecular complexity index is 1190. The fraction of sp³-hybridized carbons (Fsp3) is 0.273. The summed E-state index contributed by atoms with van der Waals surface area (Å²) >= 11 is 2.34. The molecule has 2 aromatic carbocycles. The number of thioether (sulfide) groups is 1. The molecule has 0 spiro atoms. The molecule has 0 radical (unpaired) electrons. The van der Waals surface area contributed by atoms with Gasteiger partial charge >= 0.3 is 5.97 Å². The number of aromatic nitrogens is 2. The largest absolute Gasteiger partial charge is 0.465 e. The lowest BCUT2D eigenvalue weighted by atomic mass is 9.94. The van der Waals surface area contributed by atoms with E-state index in [1.807, 2.05) is 12.1 Å². The van der Waals surface area contributed by atoms with E-state index in [0.717, 1.165) is 16.7 Å². The van der Waals surface area contributed by atoms with Crippen LogP contribution in [0.2, 0.25) is 0 Å². The van der Waals surface area contributed by atoms with Crippen molar-refractivity contribution in [3.63, 3.8) is 0 Å². The molecule has 0 saturated heterocycles. The van der Waals surface area contributed by atoms with Crippen LogP contribution in [0.1, 0.15) is 40.5 Å². The van der Waals surface area contributed by atoms with Crippen molar-refractivity contribution in [1.82, 2.24) is 15.1 Å². The monoisotopic (exact) mass is 484 g/mol. The molecule has 3 amide bonds. The van der Waals surface area contributed by atoms with E-state index in [1.54, 1.807) is 31.2 Å². The number of nitrogens with one attached hydrogen (secondary N) is 1. The number of hydrogen-bond donors (Lipinski definition) is 1. The van der Waals surface area contributed by atoms with Crippen LogP contribution in [0.3, 0.4) is 0 Å². The maximum Gasteiger partial charge on any atom is 0.316 e. The van der Waals surface area contributed by atoms with Gasteiger partial charge in [-0.2, -0.15) is 0 Å². The summed E-state index contributed by atoms with van der Waals surface area (Å²) in [6.45, 7) is 2.18. The van der Waals surface area contributed by atoms with Crippen molar-refractivity contribution in [3.05, 3.63) is 47.5 Å². The van der Waals surface area contributed by atoms with Crippen LogP contribution in [0.25, 0.3) is 10.8 Å². The summed E-state index contributed by atoms with van der Waals surface area (Å²) in [7, 11) is 0. The third-order valence-corrected chi connectivity index (χ3v) is 6.86. The molecule has 1 aliphatic heterocycles. The zero-order valence-electron chi connectivity index (χ0n) is 17.7. The molecule has 1 aliphatic rings. The molecule has 4 rings (SSSR count). The average molecular weight is 485 g/mol. The minimum Gasteiger partial charge on any atom is -0.465 e. The minimum absolute atomic E-state index is 0.105. The second kappa shape index (κ2) is 10.1. The fourth-order valence-electron chi connectivity index (χ4n) is 3.50. The van der Waals surface area contributed by atoms with Crippen LogP contribution in [-0.2, 0) is 14.3 Å². The molecule has 0 bridgehead atoms. The Balaban J connectivity index is 1.30. The van der Waals surface area contributed by atoms with Crippen molar-refractivity contribution in [2.24, 2.45) is 0 Å². The molecule has 9 nitrogen and oxygen atoms in total. The Morgan fingerprint density at radius 1 is 1.09 bits per heavy atom. The number of anilines is 1. The van der Waals surface area contributed by atoms with Gasteiger partial charge in [-0.15, -0.1) is 10.2 Å². The van der Waals surface area contributed by atoms with E-state index in [4.69, 9.17) is 4.74 Å². The van der Waals surface area contributed by atoms with Gasteiger partial charge in [-0.05, 0) is 30.9 Å². The van der Waals surface area contributed by atoms with Crippen LogP contribution >= 0.6 is 23.1 Å². The Morgan fingerprint density at radius 3 is 2.45 bits per heavy atom. The molecular formula is C22H20N4O5S2. The van der Waals surface area contributed by atoms with Gasteiger partial charge in [-0.1, -0.05) is 47.4 Å². The average Bonchev–Trinajstić information content (AvgIpc) is 3.25. The molecule has 11 heteroatoms. The highest BCUT2D eigenvalue weighted by Crippen LogP contribution is 2.30. The molecule has 33 heavy (non-hydrogen) atoms. The molecule has 1 N–H and O–H groups in total. The highest BCUT2D eigenvalue weighted by molar-refractivity contribution is 8.01. The van der Waals surface area contributed by atoms with Crippen LogP contribution < -0.4 is 5.32 Å². The molecular weight excluding hydrogens is 464 g/mol. The summed E-state index contributed by atoms with van der Waals surface area (Å²) in [5.74, 6) is -1.23. The van der Waals surface area contributed by atoms with Gasteiger partial charge < -0.3 is 10.1 Å². The quantitative estimate of drug-likeness (QED) is 0.213. The van der Waals surface area contributed by atoms with Gasteiger partial charge in [-0.25, -0.2) is 0 Å². The molecule has 0 atom stereocenters. The van der Waals surface area contributed by atoms with Crippen LogP contribution in [0, 0.1) is 0 Å². The van der Waals surface area contributed by atoms with Crippen LogP contribution in [0.4, 0.5) is 5.13 Å². The van der Waals surface area contributed by atoms with Gasteiger partial charge in [0.1, 0.15) is 0 Å². The summed E-state index contributed by atoms with van der Waals surface area (Å²) in [4.78, 5) is 50.7. The highest BCUT2D eigenvalue weighted by Gasteiger charge is 2.32. The molecule has 170 valence electrons. The number of benzene rings is 2. The lowest BCUT2D eigenvalue weighted by Crippen LogP contribution is -2.41. The molecule has 0 aliphatic carbocycles. The van der Waals surface area contributed by atoms with E-state index < -0.39 is 0 Å². The zero-order valence-corrected chi connectivity index (χ0v) is 19.3. The summed E-state index contributed by atoms with van der Waals surface area (Å²) in [6.07, 6.45) is 0.415. The number of carbonyl (C=O) groups excluding carboxylic acids is 4. The normalized spacial score (nSPS) is 12.8. The van der Waals surface area contributed by atoms with Crippen molar-refractivity contribution >= 4 is 62.7 Å². The van der Waals surface area contributed by atoms with Gasteiger partial charge in [0.25, 0.3) is 11.8 Å². The number of imide groups is 1. The Morgan fingerprint density at radius 2 is 1.79 bits per heavy atom.